The third-order valence-corrected chi connectivity index (χ3v) is 5.72. The summed E-state index contributed by atoms with van der Waals surface area (Å²) < 4.78 is 5.93. The third-order valence-electron chi connectivity index (χ3n) is 5.72. The predicted octanol–water partition coefficient (Wildman–Crippen LogP) is 1.18. The lowest BCUT2D eigenvalue weighted by atomic mass is 9.88. The second-order valence-electron chi connectivity index (χ2n) is 7.84. The van der Waals surface area contributed by atoms with Crippen molar-refractivity contribution in [1.29, 1.82) is 0 Å². The van der Waals surface area contributed by atoms with Gasteiger partial charge in [0.05, 0.1) is 25.8 Å². The van der Waals surface area contributed by atoms with Gasteiger partial charge in [-0.05, 0) is 38.6 Å². The summed E-state index contributed by atoms with van der Waals surface area (Å²) in [6.45, 7) is 5.55. The molecule has 1 amide bonds. The van der Waals surface area contributed by atoms with Crippen molar-refractivity contribution in [3.8, 4) is 0 Å². The van der Waals surface area contributed by atoms with Gasteiger partial charge in [0, 0.05) is 25.7 Å². The lowest BCUT2D eigenvalue weighted by Crippen LogP contribution is -2.47. The number of nitrogens with one attached hydrogen (secondary N) is 1. The molecule has 0 aromatic rings. The molecule has 26 heavy (non-hydrogen) atoms. The summed E-state index contributed by atoms with van der Waals surface area (Å²) in [5.74, 6) is -0.123. The number of aliphatic carboxylic acids is 1. The van der Waals surface area contributed by atoms with Crippen LogP contribution >= 0.6 is 0 Å². The third kappa shape index (κ3) is 7.21. The summed E-state index contributed by atoms with van der Waals surface area (Å²) in [7, 11) is 1.86. The largest absolute Gasteiger partial charge is 0.480 e. The Morgan fingerprint density at radius 3 is 2.54 bits per heavy atom. The molecule has 2 unspecified atom stereocenters. The molecule has 0 aromatic heterocycles. The molecule has 1 heterocycles. The van der Waals surface area contributed by atoms with Crippen molar-refractivity contribution in [3.63, 3.8) is 0 Å². The number of hydrogen-bond donors (Lipinski definition) is 2. The van der Waals surface area contributed by atoms with Gasteiger partial charge < -0.3 is 15.2 Å². The number of hydrogen-bond acceptors (Lipinski definition) is 5. The minimum Gasteiger partial charge on any atom is -0.480 e. The first-order valence-electron chi connectivity index (χ1n) is 9.98. The lowest BCUT2D eigenvalue weighted by molar-refractivity contribution is -0.138. The maximum Gasteiger partial charge on any atom is 0.317 e. The molecule has 2 fully saturated rings. The molecule has 1 saturated carbocycles. The maximum absolute atomic E-state index is 12.1. The van der Waals surface area contributed by atoms with Gasteiger partial charge in [-0.15, -0.1) is 0 Å². The number of amides is 1. The Kier molecular flexibility index (Phi) is 8.81. The van der Waals surface area contributed by atoms with E-state index in [1.165, 1.54) is 19.3 Å². The topological polar surface area (TPSA) is 82.1 Å². The standard InChI is InChI=1S/C19H35N3O4/c1-15-5-3-4-6-17(15)26-12-9-20-18(23)13-22-10-7-16(8-11-22)21(2)14-19(24)25/h15-17H,3-14H2,1-2H3,(H,20,23)(H,24,25). The summed E-state index contributed by atoms with van der Waals surface area (Å²) in [5, 5.41) is 11.8. The van der Waals surface area contributed by atoms with Crippen molar-refractivity contribution in [2.75, 3.05) is 46.4 Å². The number of carboxylic acids is 1. The monoisotopic (exact) mass is 369 g/mol. The second-order valence-corrected chi connectivity index (χ2v) is 7.84. The number of carboxylic acid groups (broad SMARTS) is 1. The first kappa shape index (κ1) is 21.1. The molecule has 7 nitrogen and oxygen atoms in total. The molecule has 7 heteroatoms. The number of carbonyl (C=O) groups is 2. The van der Waals surface area contributed by atoms with Gasteiger partial charge >= 0.3 is 5.97 Å². The fourth-order valence-corrected chi connectivity index (χ4v) is 4.05. The van der Waals surface area contributed by atoms with Crippen LogP contribution in [-0.2, 0) is 14.3 Å². The average Bonchev–Trinajstić information content (AvgIpc) is 2.60. The fourth-order valence-electron chi connectivity index (χ4n) is 4.05. The summed E-state index contributed by atoms with van der Waals surface area (Å²) in [4.78, 5) is 26.9. The molecule has 1 saturated heterocycles. The highest BCUT2D eigenvalue weighted by Crippen LogP contribution is 2.25. The van der Waals surface area contributed by atoms with Gasteiger partial charge in [0.1, 0.15) is 0 Å². The Morgan fingerprint density at radius 2 is 1.88 bits per heavy atom. The van der Waals surface area contributed by atoms with Crippen LogP contribution in [0, 0.1) is 5.92 Å². The van der Waals surface area contributed by atoms with E-state index in [2.05, 4.69) is 17.1 Å². The summed E-state index contributed by atoms with van der Waals surface area (Å²) in [5.41, 5.74) is 0. The predicted molar refractivity (Wildman–Crippen MR) is 100 cm³/mol. The van der Waals surface area contributed by atoms with Crippen LogP contribution in [0.2, 0.25) is 0 Å². The van der Waals surface area contributed by atoms with Gasteiger partial charge in [-0.25, -0.2) is 0 Å². The SMILES string of the molecule is CC1CCCCC1OCCNC(=O)CN1CCC(N(C)CC(=O)O)CC1. The Balaban J connectivity index is 1.55. The molecule has 2 rings (SSSR count). The van der Waals surface area contributed by atoms with E-state index in [1.807, 2.05) is 11.9 Å². The van der Waals surface area contributed by atoms with Crippen LogP contribution < -0.4 is 5.32 Å². The van der Waals surface area contributed by atoms with Crippen LogP contribution in [0.4, 0.5) is 0 Å². The Labute approximate surface area is 157 Å². The van der Waals surface area contributed by atoms with Crippen molar-refractivity contribution in [3.05, 3.63) is 0 Å². The normalized spacial score (nSPS) is 25.3. The molecule has 1 aliphatic heterocycles. The van der Waals surface area contributed by atoms with E-state index in [-0.39, 0.29) is 18.5 Å². The maximum atomic E-state index is 12.1. The summed E-state index contributed by atoms with van der Waals surface area (Å²) in [6.07, 6.45) is 7.09. The van der Waals surface area contributed by atoms with Crippen LogP contribution in [0.5, 0.6) is 0 Å². The number of nitrogens with zero attached hydrogens (tertiary/aromatic N) is 2. The van der Waals surface area contributed by atoms with Gasteiger partial charge in [0.25, 0.3) is 0 Å². The molecule has 2 N–H and O–H groups in total. The minimum absolute atomic E-state index is 0.0441. The molecule has 2 atom stereocenters. The number of likely N-dealkylation sites (N-methyl/N-ethyl adjacent to an activating group) is 1. The molecule has 2 aliphatic rings. The zero-order valence-corrected chi connectivity index (χ0v) is 16.3. The zero-order chi connectivity index (χ0) is 18.9. The minimum atomic E-state index is -0.792. The smallest absolute Gasteiger partial charge is 0.317 e. The van der Waals surface area contributed by atoms with Crippen molar-refractivity contribution in [2.24, 2.45) is 5.92 Å². The number of likely N-dealkylation sites (tertiary alicyclic amines) is 1. The zero-order valence-electron chi connectivity index (χ0n) is 16.3. The Bertz CT molecular complexity index is 452. The molecule has 1 aliphatic carbocycles. The average molecular weight is 370 g/mol. The fraction of sp³-hybridized carbons (Fsp3) is 0.895. The van der Waals surface area contributed by atoms with E-state index in [9.17, 15) is 9.59 Å². The number of rotatable bonds is 9. The van der Waals surface area contributed by atoms with Crippen LogP contribution in [0.15, 0.2) is 0 Å². The lowest BCUT2D eigenvalue weighted by Gasteiger charge is -2.35. The van der Waals surface area contributed by atoms with Crippen LogP contribution in [0.25, 0.3) is 0 Å². The molecular formula is C19H35N3O4. The second kappa shape index (κ2) is 10.8. The molecule has 0 bridgehead atoms. The molecule has 0 radical (unpaired) electrons. The molecule has 0 spiro atoms. The van der Waals surface area contributed by atoms with Crippen LogP contribution in [0.3, 0.4) is 0 Å². The van der Waals surface area contributed by atoms with Gasteiger partial charge in [0.15, 0.2) is 0 Å². The first-order chi connectivity index (χ1) is 12.5. The van der Waals surface area contributed by atoms with E-state index in [0.29, 0.717) is 31.7 Å². The number of piperidine rings is 1. The van der Waals surface area contributed by atoms with Crippen molar-refractivity contribution in [1.82, 2.24) is 15.1 Å². The van der Waals surface area contributed by atoms with Gasteiger partial charge in [-0.1, -0.05) is 19.8 Å². The molecular weight excluding hydrogens is 334 g/mol. The Morgan fingerprint density at radius 1 is 1.19 bits per heavy atom. The van der Waals surface area contributed by atoms with E-state index >= 15 is 0 Å². The quantitative estimate of drug-likeness (QED) is 0.594. The van der Waals surface area contributed by atoms with Crippen molar-refractivity contribution < 1.29 is 19.4 Å². The summed E-state index contributed by atoms with van der Waals surface area (Å²) in [6, 6.07) is 0.288. The van der Waals surface area contributed by atoms with Crippen molar-refractivity contribution in [2.45, 2.75) is 57.6 Å². The van der Waals surface area contributed by atoms with E-state index in [4.69, 9.17) is 9.84 Å². The summed E-state index contributed by atoms with van der Waals surface area (Å²) >= 11 is 0. The van der Waals surface area contributed by atoms with Gasteiger partial charge in [-0.2, -0.15) is 0 Å². The van der Waals surface area contributed by atoms with E-state index in [0.717, 1.165) is 32.4 Å². The highest BCUT2D eigenvalue weighted by molar-refractivity contribution is 5.78. The highest BCUT2D eigenvalue weighted by atomic mass is 16.5. The van der Waals surface area contributed by atoms with Crippen LogP contribution in [0.1, 0.15) is 45.4 Å². The van der Waals surface area contributed by atoms with Gasteiger partial charge in [-0.3, -0.25) is 19.4 Å². The molecule has 0 aromatic carbocycles. The number of carbonyl (C=O) groups excluding carboxylic acids is 1. The Hall–Kier alpha value is -1.18. The number of ether oxygens (including phenoxy) is 1. The van der Waals surface area contributed by atoms with Crippen molar-refractivity contribution >= 4 is 11.9 Å². The van der Waals surface area contributed by atoms with Crippen LogP contribution in [-0.4, -0.2) is 85.3 Å². The molecule has 150 valence electrons. The highest BCUT2D eigenvalue weighted by Gasteiger charge is 2.25. The first-order valence-corrected chi connectivity index (χ1v) is 9.98. The van der Waals surface area contributed by atoms with Gasteiger partial charge in [0.2, 0.25) is 5.91 Å². The van der Waals surface area contributed by atoms with E-state index < -0.39 is 5.97 Å². The van der Waals surface area contributed by atoms with E-state index in [1.54, 1.807) is 0 Å².